The van der Waals surface area contributed by atoms with Crippen molar-refractivity contribution < 1.29 is 8.42 Å². The molecule has 0 amide bonds. The Morgan fingerprint density at radius 2 is 2.07 bits per heavy atom. The van der Waals surface area contributed by atoms with Crippen LogP contribution in [0, 0.1) is 0 Å². The smallest absolute Gasteiger partial charge is 0.225 e. The summed E-state index contributed by atoms with van der Waals surface area (Å²) in [6.45, 7) is 1.90. The van der Waals surface area contributed by atoms with Crippen LogP contribution in [0.4, 0.5) is 0 Å². The molecule has 0 heterocycles. The molecule has 14 heavy (non-hydrogen) atoms. The Morgan fingerprint density at radius 1 is 1.43 bits per heavy atom. The van der Waals surface area contributed by atoms with Crippen molar-refractivity contribution in [3.63, 3.8) is 0 Å². The molecule has 0 spiro atoms. The largest absolute Gasteiger partial charge is 0.238 e. The van der Waals surface area contributed by atoms with Crippen LogP contribution in [0.3, 0.4) is 0 Å². The summed E-state index contributed by atoms with van der Waals surface area (Å²) in [5.41, 5.74) is 1.67. The van der Waals surface area contributed by atoms with Gasteiger partial charge in [0.25, 0.3) is 0 Å². The summed E-state index contributed by atoms with van der Waals surface area (Å²) in [7, 11) is -3.60. The predicted molar refractivity (Wildman–Crippen MR) is 59.8 cm³/mol. The second-order valence-electron chi connectivity index (χ2n) is 2.97. The van der Waals surface area contributed by atoms with Crippen molar-refractivity contribution in [3.05, 3.63) is 29.3 Å². The standard InChI is InChI=1S/C9H12BrNO2S/c1-2-8-4-3-7(6-10)5-9(8)14(11,12)13/h3-5H,2,6H2,1H3,(H2,11,12,13). The summed E-state index contributed by atoms with van der Waals surface area (Å²) in [6.07, 6.45) is 0.661. The van der Waals surface area contributed by atoms with Gasteiger partial charge in [-0.05, 0) is 23.6 Å². The highest BCUT2D eigenvalue weighted by Gasteiger charge is 2.12. The topological polar surface area (TPSA) is 60.2 Å². The number of hydrogen-bond donors (Lipinski definition) is 1. The summed E-state index contributed by atoms with van der Waals surface area (Å²) in [6, 6.07) is 5.31. The molecule has 0 aliphatic carbocycles. The molecule has 78 valence electrons. The van der Waals surface area contributed by atoms with Crippen LogP contribution in [0.1, 0.15) is 18.1 Å². The molecule has 0 bridgehead atoms. The minimum atomic E-state index is -3.60. The number of halogens is 1. The van der Waals surface area contributed by atoms with E-state index in [1.165, 1.54) is 0 Å². The van der Waals surface area contributed by atoms with Gasteiger partial charge in [0, 0.05) is 5.33 Å². The highest BCUT2D eigenvalue weighted by atomic mass is 79.9. The maximum absolute atomic E-state index is 11.2. The van der Waals surface area contributed by atoms with E-state index in [1.807, 2.05) is 13.0 Å². The number of hydrogen-bond acceptors (Lipinski definition) is 2. The normalized spacial score (nSPS) is 11.6. The van der Waals surface area contributed by atoms with Gasteiger partial charge in [-0.1, -0.05) is 35.0 Å². The molecule has 0 unspecified atom stereocenters. The van der Waals surface area contributed by atoms with Gasteiger partial charge in [0.15, 0.2) is 0 Å². The molecule has 5 heteroatoms. The molecule has 0 aliphatic rings. The van der Waals surface area contributed by atoms with E-state index in [2.05, 4.69) is 15.9 Å². The van der Waals surface area contributed by atoms with Gasteiger partial charge in [0.2, 0.25) is 10.0 Å². The fourth-order valence-corrected chi connectivity index (χ4v) is 2.48. The van der Waals surface area contributed by atoms with Gasteiger partial charge in [0.1, 0.15) is 0 Å². The number of primary sulfonamides is 1. The van der Waals surface area contributed by atoms with Gasteiger partial charge < -0.3 is 0 Å². The maximum Gasteiger partial charge on any atom is 0.238 e. The lowest BCUT2D eigenvalue weighted by atomic mass is 10.1. The summed E-state index contributed by atoms with van der Waals surface area (Å²) < 4.78 is 22.5. The van der Waals surface area contributed by atoms with Crippen LogP contribution < -0.4 is 5.14 Å². The molecule has 1 aromatic carbocycles. The molecule has 1 aromatic rings. The second-order valence-corrected chi connectivity index (χ2v) is 5.06. The minimum Gasteiger partial charge on any atom is -0.225 e. The van der Waals surface area contributed by atoms with Crippen molar-refractivity contribution in [2.45, 2.75) is 23.6 Å². The van der Waals surface area contributed by atoms with E-state index in [-0.39, 0.29) is 4.90 Å². The quantitative estimate of drug-likeness (QED) is 0.857. The molecule has 0 aliphatic heterocycles. The Hall–Kier alpha value is -0.390. The van der Waals surface area contributed by atoms with E-state index in [0.717, 1.165) is 11.1 Å². The first-order chi connectivity index (χ1) is 6.49. The number of alkyl halides is 1. The van der Waals surface area contributed by atoms with Gasteiger partial charge >= 0.3 is 0 Å². The molecule has 0 atom stereocenters. The second kappa shape index (κ2) is 4.42. The average Bonchev–Trinajstić information content (AvgIpc) is 2.15. The van der Waals surface area contributed by atoms with Gasteiger partial charge in [-0.25, -0.2) is 13.6 Å². The van der Waals surface area contributed by atoms with Crippen LogP contribution in [0.2, 0.25) is 0 Å². The van der Waals surface area contributed by atoms with Crippen LogP contribution in [-0.4, -0.2) is 8.42 Å². The third kappa shape index (κ3) is 2.56. The highest BCUT2D eigenvalue weighted by molar-refractivity contribution is 9.08. The van der Waals surface area contributed by atoms with Gasteiger partial charge in [0.05, 0.1) is 4.90 Å². The van der Waals surface area contributed by atoms with Gasteiger partial charge in [-0.3, -0.25) is 0 Å². The molecule has 0 aromatic heterocycles. The summed E-state index contributed by atoms with van der Waals surface area (Å²) in [4.78, 5) is 0.233. The van der Waals surface area contributed by atoms with Crippen LogP contribution in [-0.2, 0) is 21.8 Å². The maximum atomic E-state index is 11.2. The lowest BCUT2D eigenvalue weighted by molar-refractivity contribution is 0.596. The van der Waals surface area contributed by atoms with E-state index >= 15 is 0 Å². The molecule has 0 radical (unpaired) electrons. The SMILES string of the molecule is CCc1ccc(CBr)cc1S(N)(=O)=O. The van der Waals surface area contributed by atoms with Crippen LogP contribution in [0.15, 0.2) is 23.1 Å². The van der Waals surface area contributed by atoms with Crippen LogP contribution >= 0.6 is 15.9 Å². The van der Waals surface area contributed by atoms with E-state index in [0.29, 0.717) is 11.8 Å². The van der Waals surface area contributed by atoms with Crippen molar-refractivity contribution >= 4 is 26.0 Å². The van der Waals surface area contributed by atoms with Crippen molar-refractivity contribution in [3.8, 4) is 0 Å². The molecule has 0 saturated carbocycles. The zero-order chi connectivity index (χ0) is 10.8. The Bertz CT molecular complexity index is 428. The highest BCUT2D eigenvalue weighted by Crippen LogP contribution is 2.18. The Balaban J connectivity index is 3.37. The van der Waals surface area contributed by atoms with Crippen molar-refractivity contribution in [1.82, 2.24) is 0 Å². The molecular formula is C9H12BrNO2S. The first kappa shape index (κ1) is 11.7. The number of sulfonamides is 1. The van der Waals surface area contributed by atoms with Crippen LogP contribution in [0.5, 0.6) is 0 Å². The average molecular weight is 278 g/mol. The number of nitrogens with two attached hydrogens (primary N) is 1. The lowest BCUT2D eigenvalue weighted by Gasteiger charge is -2.06. The van der Waals surface area contributed by atoms with Crippen molar-refractivity contribution in [2.24, 2.45) is 5.14 Å². The zero-order valence-electron chi connectivity index (χ0n) is 7.83. The summed E-state index contributed by atoms with van der Waals surface area (Å²) in [5.74, 6) is 0. The van der Waals surface area contributed by atoms with Crippen molar-refractivity contribution in [1.29, 1.82) is 0 Å². The van der Waals surface area contributed by atoms with E-state index < -0.39 is 10.0 Å². The fourth-order valence-electron chi connectivity index (χ4n) is 1.24. The molecule has 0 fully saturated rings. The monoisotopic (exact) mass is 277 g/mol. The summed E-state index contributed by atoms with van der Waals surface area (Å²) >= 11 is 3.27. The van der Waals surface area contributed by atoms with E-state index in [1.54, 1.807) is 12.1 Å². The molecule has 2 N–H and O–H groups in total. The summed E-state index contributed by atoms with van der Waals surface area (Å²) in [5, 5.41) is 5.74. The Morgan fingerprint density at radius 3 is 2.50 bits per heavy atom. The fraction of sp³-hybridized carbons (Fsp3) is 0.333. The van der Waals surface area contributed by atoms with Crippen molar-refractivity contribution in [2.75, 3.05) is 0 Å². The first-order valence-electron chi connectivity index (χ1n) is 4.19. The van der Waals surface area contributed by atoms with Gasteiger partial charge in [-0.15, -0.1) is 0 Å². The zero-order valence-corrected chi connectivity index (χ0v) is 10.2. The predicted octanol–water partition coefficient (Wildman–Crippen LogP) is 1.79. The van der Waals surface area contributed by atoms with Gasteiger partial charge in [-0.2, -0.15) is 0 Å². The Kier molecular flexibility index (Phi) is 3.69. The lowest BCUT2D eigenvalue weighted by Crippen LogP contribution is -2.14. The first-order valence-corrected chi connectivity index (χ1v) is 6.86. The number of aryl methyl sites for hydroxylation is 1. The molecular weight excluding hydrogens is 266 g/mol. The molecule has 0 saturated heterocycles. The molecule has 3 nitrogen and oxygen atoms in total. The third-order valence-electron chi connectivity index (χ3n) is 1.97. The van der Waals surface area contributed by atoms with E-state index in [4.69, 9.17) is 5.14 Å². The minimum absolute atomic E-state index is 0.233. The number of rotatable bonds is 3. The number of benzene rings is 1. The third-order valence-corrected chi connectivity index (χ3v) is 3.61. The Labute approximate surface area is 92.5 Å². The van der Waals surface area contributed by atoms with Crippen LogP contribution in [0.25, 0.3) is 0 Å². The molecule has 1 rings (SSSR count). The van der Waals surface area contributed by atoms with E-state index in [9.17, 15) is 8.42 Å².